The second kappa shape index (κ2) is 6.01. The molecule has 0 aliphatic carbocycles. The first-order chi connectivity index (χ1) is 7.86. The Bertz CT molecular complexity index is 422. The van der Waals surface area contributed by atoms with Crippen LogP contribution in [0.5, 0.6) is 0 Å². The van der Waals surface area contributed by atoms with Gasteiger partial charge in [0.15, 0.2) is 9.76 Å². The second-order valence-electron chi connectivity index (χ2n) is 3.52. The first-order valence-corrected chi connectivity index (χ1v) is 9.29. The molecule has 0 aromatic heterocycles. The van der Waals surface area contributed by atoms with Gasteiger partial charge in [-0.2, -0.15) is 0 Å². The maximum atomic E-state index is 6.31. The fourth-order valence-corrected chi connectivity index (χ4v) is 5.56. The lowest BCUT2D eigenvalue weighted by molar-refractivity contribution is 0.655. The topological polar surface area (TPSA) is 9.23 Å². The highest BCUT2D eigenvalue weighted by atomic mass is 35.6. The summed E-state index contributed by atoms with van der Waals surface area (Å²) in [5, 5.41) is 2.46. The Morgan fingerprint density at radius 3 is 2.06 bits per heavy atom. The summed E-state index contributed by atoms with van der Waals surface area (Å²) in [5.74, 6) is 0. The van der Waals surface area contributed by atoms with Crippen molar-refractivity contribution in [2.45, 2.75) is 0 Å². The molecule has 0 spiro atoms. The first kappa shape index (κ1) is 11.6. The summed E-state index contributed by atoms with van der Waals surface area (Å²) in [7, 11) is -2.37. The molecule has 2 aromatic carbocycles. The molecule has 4 heteroatoms. The monoisotopic (exact) mass is 264 g/mol. The summed E-state index contributed by atoms with van der Waals surface area (Å²) in [6.45, 7) is 0. The smallest absolute Gasteiger partial charge is 0.296 e. The Morgan fingerprint density at radius 1 is 0.875 bits per heavy atom. The van der Waals surface area contributed by atoms with Gasteiger partial charge in [0.2, 0.25) is 0 Å². The number of benzene rings is 2. The molecule has 0 saturated carbocycles. The second-order valence-corrected chi connectivity index (χ2v) is 8.45. The molecule has 0 aliphatic rings. The molecule has 0 N–H and O–H groups in total. The molecule has 1 atom stereocenters. The van der Waals surface area contributed by atoms with E-state index in [-0.39, 0.29) is 0 Å². The zero-order valence-corrected chi connectivity index (χ0v) is 12.2. The third kappa shape index (κ3) is 3.31. The van der Waals surface area contributed by atoms with Gasteiger partial charge in [-0.3, -0.25) is 0 Å². The zero-order valence-electron chi connectivity index (χ0n) is 8.84. The van der Waals surface area contributed by atoms with E-state index in [1.807, 2.05) is 48.5 Å². The van der Waals surface area contributed by atoms with Crippen molar-refractivity contribution in [2.24, 2.45) is 0 Å². The predicted octanol–water partition coefficient (Wildman–Crippen LogP) is 0.779. The molecule has 0 saturated heterocycles. The van der Waals surface area contributed by atoms with E-state index >= 15 is 0 Å². The molecule has 0 radical (unpaired) electrons. The average Bonchev–Trinajstić information content (AvgIpc) is 2.38. The van der Waals surface area contributed by atoms with E-state index in [0.717, 1.165) is 5.19 Å². The molecule has 1 unspecified atom stereocenters. The highest BCUT2D eigenvalue weighted by Crippen LogP contribution is 1.94. The SMILES string of the molecule is Cl[SiH](O[SiH2]c1ccccc1)c1ccccc1. The molecule has 0 heterocycles. The van der Waals surface area contributed by atoms with Crippen LogP contribution >= 0.6 is 11.1 Å². The van der Waals surface area contributed by atoms with Crippen LogP contribution in [0.4, 0.5) is 0 Å². The van der Waals surface area contributed by atoms with Crippen LogP contribution in [0.15, 0.2) is 60.7 Å². The normalized spacial score (nSPS) is 13.1. The highest BCUT2D eigenvalue weighted by molar-refractivity contribution is 7.12. The molecule has 2 aromatic rings. The molecule has 2 rings (SSSR count). The summed E-state index contributed by atoms with van der Waals surface area (Å²) in [6.07, 6.45) is 0. The van der Waals surface area contributed by atoms with Crippen molar-refractivity contribution in [1.82, 2.24) is 0 Å². The maximum absolute atomic E-state index is 6.31. The van der Waals surface area contributed by atoms with Gasteiger partial charge in [0.1, 0.15) is 0 Å². The molecule has 0 bridgehead atoms. The van der Waals surface area contributed by atoms with Gasteiger partial charge in [0.05, 0.1) is 0 Å². The third-order valence-corrected chi connectivity index (χ3v) is 7.74. The molecule has 1 nitrogen and oxygen atoms in total. The largest absolute Gasteiger partial charge is 0.445 e. The lowest BCUT2D eigenvalue weighted by Crippen LogP contribution is -2.32. The molecule has 0 fully saturated rings. The Balaban J connectivity index is 1.92. The van der Waals surface area contributed by atoms with E-state index in [1.54, 1.807) is 0 Å². The van der Waals surface area contributed by atoms with Crippen molar-refractivity contribution >= 4 is 39.6 Å². The van der Waals surface area contributed by atoms with Crippen molar-refractivity contribution in [2.75, 3.05) is 0 Å². The average molecular weight is 265 g/mol. The fraction of sp³-hybridized carbons (Fsp3) is 0. The van der Waals surface area contributed by atoms with E-state index in [0.29, 0.717) is 0 Å². The summed E-state index contributed by atoms with van der Waals surface area (Å²) < 4.78 is 5.86. The Kier molecular flexibility index (Phi) is 4.36. The summed E-state index contributed by atoms with van der Waals surface area (Å²) in [6, 6.07) is 20.4. The zero-order chi connectivity index (χ0) is 11.2. The van der Waals surface area contributed by atoms with E-state index in [9.17, 15) is 0 Å². The lowest BCUT2D eigenvalue weighted by atomic mass is 10.4. The van der Waals surface area contributed by atoms with Crippen molar-refractivity contribution in [3.05, 3.63) is 60.7 Å². The number of hydrogen-bond donors (Lipinski definition) is 0. The molecule has 16 heavy (non-hydrogen) atoms. The van der Waals surface area contributed by atoms with Crippen LogP contribution in [0.3, 0.4) is 0 Å². The van der Waals surface area contributed by atoms with Crippen LogP contribution in [-0.2, 0) is 4.12 Å². The third-order valence-electron chi connectivity index (χ3n) is 2.30. The van der Waals surface area contributed by atoms with Crippen molar-refractivity contribution in [1.29, 1.82) is 0 Å². The molecule has 0 aliphatic heterocycles. The van der Waals surface area contributed by atoms with Gasteiger partial charge in [-0.15, -0.1) is 11.1 Å². The lowest BCUT2D eigenvalue weighted by Gasteiger charge is -2.09. The summed E-state index contributed by atoms with van der Waals surface area (Å²) >= 11 is 6.31. The minimum Gasteiger partial charge on any atom is -0.445 e. The molecule has 82 valence electrons. The summed E-state index contributed by atoms with van der Waals surface area (Å²) in [5.41, 5.74) is 0. The molecular weight excluding hydrogens is 252 g/mol. The van der Waals surface area contributed by atoms with Crippen molar-refractivity contribution in [3.63, 3.8) is 0 Å². The maximum Gasteiger partial charge on any atom is 0.296 e. The Labute approximate surface area is 104 Å². The van der Waals surface area contributed by atoms with Gasteiger partial charge in [-0.25, -0.2) is 0 Å². The number of halogens is 1. The van der Waals surface area contributed by atoms with Crippen molar-refractivity contribution < 1.29 is 4.12 Å². The minimum absolute atomic E-state index is 0.673. The van der Waals surface area contributed by atoms with Crippen LogP contribution < -0.4 is 10.4 Å². The van der Waals surface area contributed by atoms with Crippen LogP contribution in [0.25, 0.3) is 0 Å². The highest BCUT2D eigenvalue weighted by Gasteiger charge is 2.10. The van der Waals surface area contributed by atoms with E-state index < -0.39 is 18.1 Å². The van der Waals surface area contributed by atoms with Crippen LogP contribution in [0.1, 0.15) is 0 Å². The summed E-state index contributed by atoms with van der Waals surface area (Å²) in [4.78, 5) is 0. The predicted molar refractivity (Wildman–Crippen MR) is 74.8 cm³/mol. The van der Waals surface area contributed by atoms with E-state index in [4.69, 9.17) is 15.2 Å². The first-order valence-electron chi connectivity index (χ1n) is 5.21. The molecular formula is C12H13ClOSi2. The van der Waals surface area contributed by atoms with Gasteiger partial charge >= 0.3 is 0 Å². The van der Waals surface area contributed by atoms with Crippen molar-refractivity contribution in [3.8, 4) is 0 Å². The molecule has 0 amide bonds. The minimum atomic E-state index is -1.70. The Hall–Kier alpha value is -0.876. The van der Waals surface area contributed by atoms with E-state index in [1.165, 1.54) is 5.19 Å². The van der Waals surface area contributed by atoms with Gasteiger partial charge in [-0.1, -0.05) is 60.7 Å². The van der Waals surface area contributed by atoms with Crippen LogP contribution in [-0.4, -0.2) is 18.1 Å². The van der Waals surface area contributed by atoms with E-state index in [2.05, 4.69) is 12.1 Å². The van der Waals surface area contributed by atoms with Gasteiger partial charge in [0.25, 0.3) is 8.35 Å². The van der Waals surface area contributed by atoms with Crippen LogP contribution in [0.2, 0.25) is 0 Å². The van der Waals surface area contributed by atoms with Gasteiger partial charge in [-0.05, 0) is 10.4 Å². The number of rotatable bonds is 4. The standard InChI is InChI=1S/C12H13ClOSi2/c13-16(12-9-5-2-6-10-12)14-15-11-7-3-1-4-8-11/h1-10,16H,15H2. The number of hydrogen-bond acceptors (Lipinski definition) is 1. The fourth-order valence-electron chi connectivity index (χ4n) is 1.44. The van der Waals surface area contributed by atoms with Crippen LogP contribution in [0, 0.1) is 0 Å². The quantitative estimate of drug-likeness (QED) is 0.586. The van der Waals surface area contributed by atoms with Gasteiger partial charge < -0.3 is 4.12 Å². The van der Waals surface area contributed by atoms with Gasteiger partial charge in [0, 0.05) is 0 Å². The Morgan fingerprint density at radius 2 is 1.44 bits per heavy atom.